The van der Waals surface area contributed by atoms with E-state index in [4.69, 9.17) is 21.2 Å². The molecule has 9 nitrogen and oxygen atoms in total. The Balaban J connectivity index is 2.09. The van der Waals surface area contributed by atoms with Gasteiger partial charge in [-0.3, -0.25) is 4.84 Å². The number of carbonyl (C=O) groups excluding carboxylic acids is 1. The summed E-state index contributed by atoms with van der Waals surface area (Å²) in [7, 11) is 0. The summed E-state index contributed by atoms with van der Waals surface area (Å²) < 4.78 is 6.20. The third kappa shape index (κ3) is 4.33. The van der Waals surface area contributed by atoms with E-state index in [2.05, 4.69) is 10.4 Å². The Kier molecular flexibility index (Phi) is 6.33. The summed E-state index contributed by atoms with van der Waals surface area (Å²) >= 11 is 5.80. The monoisotopic (exact) mass is 355 g/mol. The molecule has 1 aromatic heterocycles. The average molecular weight is 356 g/mol. The maximum atomic E-state index is 12.2. The van der Waals surface area contributed by atoms with E-state index in [0.29, 0.717) is 41.9 Å². The van der Waals surface area contributed by atoms with Gasteiger partial charge in [-0.15, -0.1) is 0 Å². The Morgan fingerprint density at radius 1 is 1.25 bits per heavy atom. The first-order valence-electron chi connectivity index (χ1n) is 7.42. The molecule has 0 bridgehead atoms. The van der Waals surface area contributed by atoms with Crippen molar-refractivity contribution in [3.8, 4) is 5.69 Å². The summed E-state index contributed by atoms with van der Waals surface area (Å²) in [6.07, 6.45) is -0.706. The molecule has 130 valence electrons. The van der Waals surface area contributed by atoms with Crippen LogP contribution < -0.4 is 10.5 Å². The molecular formula is C14H18ClN5O4. The summed E-state index contributed by atoms with van der Waals surface area (Å²) in [5.41, 5.74) is -0.248. The molecule has 10 heteroatoms. The Bertz CT molecular complexity index is 728. The number of hydrogen-bond acceptors (Lipinski definition) is 6. The van der Waals surface area contributed by atoms with Crippen molar-refractivity contribution in [2.45, 2.75) is 13.8 Å². The molecule has 0 aliphatic carbocycles. The third-order valence-corrected chi connectivity index (χ3v) is 3.39. The van der Waals surface area contributed by atoms with Gasteiger partial charge in [-0.25, -0.2) is 9.59 Å². The van der Waals surface area contributed by atoms with Crippen molar-refractivity contribution in [2.75, 3.05) is 26.3 Å². The van der Waals surface area contributed by atoms with Crippen molar-refractivity contribution < 1.29 is 14.4 Å². The second-order valence-electron chi connectivity index (χ2n) is 4.66. The van der Waals surface area contributed by atoms with E-state index in [1.165, 1.54) is 4.90 Å². The Labute approximate surface area is 143 Å². The highest BCUT2D eigenvalue weighted by Gasteiger charge is 2.18. The van der Waals surface area contributed by atoms with Gasteiger partial charge in [0.05, 0.1) is 12.3 Å². The van der Waals surface area contributed by atoms with E-state index in [1.807, 2.05) is 6.92 Å². The summed E-state index contributed by atoms with van der Waals surface area (Å²) in [5.74, 6) is 0. The van der Waals surface area contributed by atoms with Crippen molar-refractivity contribution in [1.82, 2.24) is 24.9 Å². The van der Waals surface area contributed by atoms with Gasteiger partial charge in [0, 0.05) is 24.7 Å². The number of tetrazole rings is 1. The van der Waals surface area contributed by atoms with Crippen LogP contribution in [0.3, 0.4) is 0 Å². The number of likely N-dealkylation sites (N-methyl/N-ethyl adjacent to an activating group) is 1. The number of ether oxygens (including phenoxy) is 1. The number of benzene rings is 1. The van der Waals surface area contributed by atoms with Gasteiger partial charge in [0.15, 0.2) is 0 Å². The normalized spacial score (nSPS) is 10.6. The number of halogens is 1. The Hall–Kier alpha value is -2.39. The van der Waals surface area contributed by atoms with Crippen LogP contribution in [-0.2, 0) is 4.74 Å². The Morgan fingerprint density at radius 2 is 1.96 bits per heavy atom. The molecule has 0 saturated carbocycles. The largest absolute Gasteiger partial charge is 0.436 e. The zero-order valence-corrected chi connectivity index (χ0v) is 14.1. The van der Waals surface area contributed by atoms with Crippen LogP contribution in [0.5, 0.6) is 0 Å². The van der Waals surface area contributed by atoms with Gasteiger partial charge in [-0.1, -0.05) is 11.6 Å². The van der Waals surface area contributed by atoms with Crippen LogP contribution in [0.2, 0.25) is 5.02 Å². The molecule has 0 aliphatic heterocycles. The van der Waals surface area contributed by atoms with Crippen molar-refractivity contribution in [3.05, 3.63) is 39.8 Å². The number of aromatic nitrogens is 4. The number of hydrogen-bond donors (Lipinski definition) is 0. The highest BCUT2D eigenvalue weighted by Crippen LogP contribution is 2.10. The first-order chi connectivity index (χ1) is 11.6. The number of amides is 1. The van der Waals surface area contributed by atoms with E-state index in [0.717, 1.165) is 4.68 Å². The van der Waals surface area contributed by atoms with Gasteiger partial charge in [0.25, 0.3) is 0 Å². The number of rotatable bonds is 7. The van der Waals surface area contributed by atoms with Crippen molar-refractivity contribution >= 4 is 17.7 Å². The van der Waals surface area contributed by atoms with Crippen LogP contribution in [0.15, 0.2) is 29.1 Å². The zero-order chi connectivity index (χ0) is 17.5. The summed E-state index contributed by atoms with van der Waals surface area (Å²) in [5, 5.41) is 7.76. The van der Waals surface area contributed by atoms with Gasteiger partial charge >= 0.3 is 11.8 Å². The maximum Gasteiger partial charge on any atom is 0.436 e. The third-order valence-electron chi connectivity index (χ3n) is 3.14. The molecule has 0 radical (unpaired) electrons. The van der Waals surface area contributed by atoms with Crippen LogP contribution >= 0.6 is 11.6 Å². The van der Waals surface area contributed by atoms with E-state index in [1.54, 1.807) is 31.2 Å². The van der Waals surface area contributed by atoms with E-state index < -0.39 is 11.8 Å². The van der Waals surface area contributed by atoms with Gasteiger partial charge in [0.2, 0.25) is 0 Å². The van der Waals surface area contributed by atoms with E-state index >= 15 is 0 Å². The predicted molar refractivity (Wildman–Crippen MR) is 86.3 cm³/mol. The van der Waals surface area contributed by atoms with Gasteiger partial charge < -0.3 is 9.64 Å². The number of carbonyl (C=O) groups is 1. The predicted octanol–water partition coefficient (Wildman–Crippen LogP) is 0.989. The molecule has 0 saturated heterocycles. The maximum absolute atomic E-state index is 12.2. The Morgan fingerprint density at radius 3 is 2.58 bits per heavy atom. The summed E-state index contributed by atoms with van der Waals surface area (Å²) in [4.78, 5) is 31.2. The minimum atomic E-state index is -0.706. The van der Waals surface area contributed by atoms with Crippen molar-refractivity contribution in [1.29, 1.82) is 0 Å². The molecule has 2 aromatic rings. The smallest absolute Gasteiger partial charge is 0.380 e. The minimum absolute atomic E-state index is 0.350. The molecule has 2 rings (SSSR count). The van der Waals surface area contributed by atoms with Gasteiger partial charge in [-0.05, 0) is 53.4 Å². The molecule has 0 N–H and O–H groups in total. The van der Waals surface area contributed by atoms with Crippen LogP contribution in [0.4, 0.5) is 4.79 Å². The molecule has 1 aromatic carbocycles. The fraction of sp³-hybridized carbons (Fsp3) is 0.429. The first-order valence-corrected chi connectivity index (χ1v) is 7.80. The molecule has 1 amide bonds. The summed E-state index contributed by atoms with van der Waals surface area (Å²) in [6.45, 7) is 5.35. The lowest BCUT2D eigenvalue weighted by atomic mass is 10.3. The van der Waals surface area contributed by atoms with Crippen molar-refractivity contribution in [2.24, 2.45) is 0 Å². The fourth-order valence-electron chi connectivity index (χ4n) is 1.86. The molecule has 0 aliphatic rings. The minimum Gasteiger partial charge on any atom is -0.380 e. The zero-order valence-electron chi connectivity index (χ0n) is 13.4. The van der Waals surface area contributed by atoms with Crippen molar-refractivity contribution in [3.63, 3.8) is 0 Å². The van der Waals surface area contributed by atoms with Gasteiger partial charge in [0.1, 0.15) is 0 Å². The van der Waals surface area contributed by atoms with Gasteiger partial charge in [-0.2, -0.15) is 4.68 Å². The topological polar surface area (TPSA) is 91.5 Å². The summed E-state index contributed by atoms with van der Waals surface area (Å²) in [6, 6.07) is 6.43. The molecular weight excluding hydrogens is 338 g/mol. The fourth-order valence-corrected chi connectivity index (χ4v) is 1.99. The number of nitrogens with zero attached hydrogens (tertiary/aromatic N) is 5. The lowest BCUT2D eigenvalue weighted by Gasteiger charge is -2.18. The lowest BCUT2D eigenvalue weighted by molar-refractivity contribution is 0.0597. The van der Waals surface area contributed by atoms with Crippen LogP contribution in [0.1, 0.15) is 13.8 Å². The standard InChI is InChI=1S/C14H18ClN5O4/c1-3-18(9-10-23-4-2)14(22)24-20-13(21)19(16-17-20)12-7-5-11(15)6-8-12/h5-8H,3-4,9-10H2,1-2H3. The molecule has 0 fully saturated rings. The molecule has 24 heavy (non-hydrogen) atoms. The molecule has 0 atom stereocenters. The van der Waals surface area contributed by atoms with E-state index in [-0.39, 0.29) is 0 Å². The second kappa shape index (κ2) is 8.46. The molecule has 0 spiro atoms. The average Bonchev–Trinajstić information content (AvgIpc) is 2.93. The second-order valence-corrected chi connectivity index (χ2v) is 5.09. The lowest BCUT2D eigenvalue weighted by Crippen LogP contribution is -2.42. The first kappa shape index (κ1) is 18.0. The van der Waals surface area contributed by atoms with Crippen LogP contribution in [0, 0.1) is 0 Å². The van der Waals surface area contributed by atoms with E-state index in [9.17, 15) is 9.59 Å². The molecule has 0 unspecified atom stereocenters. The van der Waals surface area contributed by atoms with Crippen LogP contribution in [-0.4, -0.2) is 57.3 Å². The van der Waals surface area contributed by atoms with Crippen LogP contribution in [0.25, 0.3) is 5.69 Å². The quantitative estimate of drug-likeness (QED) is 0.543. The SMILES string of the molecule is CCOCCN(CC)C(=O)On1nnn(-c2ccc(Cl)cc2)c1=O. The highest BCUT2D eigenvalue weighted by molar-refractivity contribution is 6.30. The highest BCUT2D eigenvalue weighted by atomic mass is 35.5. The molecule has 1 heterocycles.